The van der Waals surface area contributed by atoms with Crippen molar-refractivity contribution in [2.75, 3.05) is 0 Å². The number of hydrogen-bond donors (Lipinski definition) is 0. The maximum Gasteiger partial charge on any atom is 0.173 e. The molecule has 4 rings (SSSR count). The van der Waals surface area contributed by atoms with Gasteiger partial charge in [-0.2, -0.15) is 0 Å². The van der Waals surface area contributed by atoms with Crippen LogP contribution in [0.2, 0.25) is 5.02 Å². The minimum absolute atomic E-state index is 0.0737. The number of ketones is 1. The fraction of sp³-hybridized carbons (Fsp3) is 0.318. The first-order chi connectivity index (χ1) is 12.7. The third-order valence-electron chi connectivity index (χ3n) is 5.22. The molecule has 3 atom stereocenters. The summed E-state index contributed by atoms with van der Waals surface area (Å²) in [5, 5.41) is 0.723. The molecule has 2 aromatic carbocycles. The van der Waals surface area contributed by atoms with E-state index in [1.54, 1.807) is 6.26 Å². The number of fused-ring (bicyclic) bond motifs is 1. The van der Waals surface area contributed by atoms with E-state index in [-0.39, 0.29) is 23.9 Å². The maximum atomic E-state index is 12.9. The van der Waals surface area contributed by atoms with Gasteiger partial charge in [0.2, 0.25) is 0 Å². The van der Waals surface area contributed by atoms with Crippen LogP contribution in [0, 0.1) is 5.92 Å². The van der Waals surface area contributed by atoms with E-state index in [2.05, 4.69) is 0 Å². The number of allylic oxidation sites excluding steroid dienone is 1. The molecule has 4 heteroatoms. The second-order valence-corrected chi connectivity index (χ2v) is 7.29. The van der Waals surface area contributed by atoms with E-state index in [1.807, 2.05) is 54.6 Å². The molecule has 0 saturated heterocycles. The van der Waals surface area contributed by atoms with E-state index in [1.165, 1.54) is 0 Å². The Morgan fingerprint density at radius 3 is 2.62 bits per heavy atom. The monoisotopic (exact) mass is 368 g/mol. The van der Waals surface area contributed by atoms with Gasteiger partial charge in [-0.05, 0) is 30.0 Å². The van der Waals surface area contributed by atoms with E-state index in [0.29, 0.717) is 12.2 Å². The number of Topliss-reactive ketones (excluding diaryl/α,β-unsaturated/α-hetero) is 1. The Balaban J connectivity index is 1.40. The van der Waals surface area contributed by atoms with Gasteiger partial charge in [0.15, 0.2) is 5.78 Å². The Morgan fingerprint density at radius 1 is 1.04 bits per heavy atom. The SMILES string of the molecule is O=C1C(c2ccccc2)=COC2CC(OCc3ccccc3Cl)CCC12. The first kappa shape index (κ1) is 17.3. The molecule has 2 aliphatic rings. The Kier molecular flexibility index (Phi) is 5.09. The molecule has 26 heavy (non-hydrogen) atoms. The number of ether oxygens (including phenoxy) is 2. The number of benzene rings is 2. The average Bonchev–Trinajstić information content (AvgIpc) is 2.68. The third-order valence-corrected chi connectivity index (χ3v) is 5.59. The van der Waals surface area contributed by atoms with Crippen LogP contribution in [0.15, 0.2) is 60.9 Å². The zero-order chi connectivity index (χ0) is 17.9. The van der Waals surface area contributed by atoms with Crippen molar-refractivity contribution >= 4 is 23.0 Å². The number of carbonyl (C=O) groups is 1. The topological polar surface area (TPSA) is 35.5 Å². The summed E-state index contributed by atoms with van der Waals surface area (Å²) < 4.78 is 12.0. The number of halogens is 1. The van der Waals surface area contributed by atoms with Crippen molar-refractivity contribution in [2.24, 2.45) is 5.92 Å². The van der Waals surface area contributed by atoms with Gasteiger partial charge in [-0.1, -0.05) is 60.1 Å². The molecule has 0 bridgehead atoms. The van der Waals surface area contributed by atoms with Gasteiger partial charge < -0.3 is 9.47 Å². The molecular formula is C22H21ClO3. The first-order valence-corrected chi connectivity index (χ1v) is 9.40. The third kappa shape index (κ3) is 3.55. The fourth-order valence-corrected chi connectivity index (χ4v) is 3.95. The number of hydrogen-bond acceptors (Lipinski definition) is 3. The van der Waals surface area contributed by atoms with Crippen LogP contribution in [-0.2, 0) is 20.9 Å². The van der Waals surface area contributed by atoms with Gasteiger partial charge in [0, 0.05) is 11.4 Å². The minimum atomic E-state index is -0.0973. The number of carbonyl (C=O) groups excluding carboxylic acids is 1. The largest absolute Gasteiger partial charge is 0.496 e. The predicted octanol–water partition coefficient (Wildman–Crippen LogP) is 5.03. The van der Waals surface area contributed by atoms with E-state index in [9.17, 15) is 4.79 Å². The highest BCUT2D eigenvalue weighted by molar-refractivity contribution is 6.31. The van der Waals surface area contributed by atoms with Crippen molar-refractivity contribution in [1.29, 1.82) is 0 Å². The molecule has 3 unspecified atom stereocenters. The molecular weight excluding hydrogens is 348 g/mol. The van der Waals surface area contributed by atoms with E-state index in [0.717, 1.165) is 35.4 Å². The maximum absolute atomic E-state index is 12.9. The second-order valence-electron chi connectivity index (χ2n) is 6.88. The molecule has 0 amide bonds. The van der Waals surface area contributed by atoms with Crippen LogP contribution < -0.4 is 0 Å². The van der Waals surface area contributed by atoms with Crippen LogP contribution in [0.5, 0.6) is 0 Å². The molecule has 1 heterocycles. The lowest BCUT2D eigenvalue weighted by Crippen LogP contribution is -2.41. The lowest BCUT2D eigenvalue weighted by molar-refractivity contribution is -0.128. The zero-order valence-corrected chi connectivity index (χ0v) is 15.2. The molecule has 134 valence electrons. The summed E-state index contributed by atoms with van der Waals surface area (Å²) >= 11 is 6.19. The fourth-order valence-electron chi connectivity index (χ4n) is 3.76. The quantitative estimate of drug-likeness (QED) is 0.758. The van der Waals surface area contributed by atoms with E-state index in [4.69, 9.17) is 21.1 Å². The van der Waals surface area contributed by atoms with Gasteiger partial charge in [-0.25, -0.2) is 0 Å². The van der Waals surface area contributed by atoms with Crippen molar-refractivity contribution in [3.05, 3.63) is 77.0 Å². The smallest absolute Gasteiger partial charge is 0.173 e. The first-order valence-electron chi connectivity index (χ1n) is 9.02. The van der Waals surface area contributed by atoms with Crippen LogP contribution in [0.1, 0.15) is 30.4 Å². The van der Waals surface area contributed by atoms with Crippen molar-refractivity contribution in [3.8, 4) is 0 Å². The summed E-state index contributed by atoms with van der Waals surface area (Å²) in [6.07, 6.45) is 4.02. The van der Waals surface area contributed by atoms with Crippen LogP contribution in [0.25, 0.3) is 5.57 Å². The van der Waals surface area contributed by atoms with Crippen LogP contribution >= 0.6 is 11.6 Å². The Bertz CT molecular complexity index is 815. The molecule has 1 aliphatic carbocycles. The Morgan fingerprint density at radius 2 is 1.81 bits per heavy atom. The number of rotatable bonds is 4. The van der Waals surface area contributed by atoms with Gasteiger partial charge in [0.25, 0.3) is 0 Å². The van der Waals surface area contributed by atoms with E-state index >= 15 is 0 Å². The summed E-state index contributed by atoms with van der Waals surface area (Å²) in [6, 6.07) is 17.4. The molecule has 0 spiro atoms. The molecule has 1 saturated carbocycles. The van der Waals surface area contributed by atoms with Crippen molar-refractivity contribution < 1.29 is 14.3 Å². The van der Waals surface area contributed by atoms with Gasteiger partial charge in [0.05, 0.1) is 30.5 Å². The minimum Gasteiger partial charge on any atom is -0.496 e. The van der Waals surface area contributed by atoms with Crippen molar-refractivity contribution in [2.45, 2.75) is 38.1 Å². The van der Waals surface area contributed by atoms with Crippen LogP contribution in [-0.4, -0.2) is 18.0 Å². The van der Waals surface area contributed by atoms with Crippen LogP contribution in [0.4, 0.5) is 0 Å². The molecule has 2 aromatic rings. The van der Waals surface area contributed by atoms with Gasteiger partial charge in [-0.3, -0.25) is 4.79 Å². The van der Waals surface area contributed by atoms with Crippen LogP contribution in [0.3, 0.4) is 0 Å². The van der Waals surface area contributed by atoms with Crippen molar-refractivity contribution in [3.63, 3.8) is 0 Å². The van der Waals surface area contributed by atoms with Gasteiger partial charge >= 0.3 is 0 Å². The average molecular weight is 369 g/mol. The van der Waals surface area contributed by atoms with Gasteiger partial charge in [0.1, 0.15) is 6.10 Å². The summed E-state index contributed by atoms with van der Waals surface area (Å²) in [7, 11) is 0. The Labute approximate surface area is 158 Å². The zero-order valence-electron chi connectivity index (χ0n) is 14.4. The highest BCUT2D eigenvalue weighted by Crippen LogP contribution is 2.37. The lowest BCUT2D eigenvalue weighted by Gasteiger charge is -2.37. The molecule has 3 nitrogen and oxygen atoms in total. The summed E-state index contributed by atoms with van der Waals surface area (Å²) in [5.41, 5.74) is 2.60. The summed E-state index contributed by atoms with van der Waals surface area (Å²) in [4.78, 5) is 12.9. The molecule has 0 N–H and O–H groups in total. The Hall–Kier alpha value is -2.10. The predicted molar refractivity (Wildman–Crippen MR) is 102 cm³/mol. The molecule has 0 radical (unpaired) electrons. The molecule has 1 aliphatic heterocycles. The standard InChI is InChI=1S/C22H21ClO3/c23-20-9-5-4-8-16(20)13-25-17-10-11-18-21(12-17)26-14-19(22(18)24)15-6-2-1-3-7-15/h1-9,14,17-18,21H,10-13H2. The highest BCUT2D eigenvalue weighted by Gasteiger charge is 2.40. The lowest BCUT2D eigenvalue weighted by atomic mass is 9.78. The summed E-state index contributed by atoms with van der Waals surface area (Å²) in [5.74, 6) is 0.118. The molecule has 0 aromatic heterocycles. The normalized spacial score (nSPS) is 25.2. The van der Waals surface area contributed by atoms with Gasteiger partial charge in [-0.15, -0.1) is 0 Å². The highest BCUT2D eigenvalue weighted by atomic mass is 35.5. The van der Waals surface area contributed by atoms with Crippen molar-refractivity contribution in [1.82, 2.24) is 0 Å². The molecule has 1 fully saturated rings. The second kappa shape index (κ2) is 7.65. The summed E-state index contributed by atoms with van der Waals surface area (Å²) in [6.45, 7) is 0.487. The van der Waals surface area contributed by atoms with E-state index < -0.39 is 0 Å².